The van der Waals surface area contributed by atoms with Gasteiger partial charge in [-0.15, -0.1) is 0 Å². The minimum absolute atomic E-state index is 0.0187. The molecule has 10 rings (SSSR count). The quantitative estimate of drug-likeness (QED) is 0.170. The molecule has 0 saturated heterocycles. The summed E-state index contributed by atoms with van der Waals surface area (Å²) in [6, 6.07) is 49.1. The van der Waals surface area contributed by atoms with Gasteiger partial charge in [-0.2, -0.15) is 9.13 Å². The molecule has 0 bridgehead atoms. The van der Waals surface area contributed by atoms with Gasteiger partial charge in [-0.3, -0.25) is 4.57 Å². The van der Waals surface area contributed by atoms with E-state index < -0.39 is 6.37 Å². The lowest BCUT2D eigenvalue weighted by molar-refractivity contribution is -0.567. The number of hydrogen-bond acceptors (Lipinski definition) is 2. The van der Waals surface area contributed by atoms with Crippen molar-refractivity contribution in [2.24, 2.45) is 0 Å². The Labute approximate surface area is 304 Å². The van der Waals surface area contributed by atoms with Crippen LogP contribution >= 0.6 is 0 Å². The molecule has 0 spiro atoms. The maximum atomic E-state index is 9.62. The predicted molar refractivity (Wildman–Crippen MR) is 212 cm³/mol. The lowest BCUT2D eigenvalue weighted by Crippen LogP contribution is -2.29. The summed E-state index contributed by atoms with van der Waals surface area (Å²) in [6.07, 6.45) is 2.18. The maximum absolute atomic E-state index is 9.62. The van der Waals surface area contributed by atoms with Crippen molar-refractivity contribution in [2.45, 2.75) is 32.6 Å². The summed E-state index contributed by atoms with van der Waals surface area (Å²) in [6.45, 7) is 6.69. The van der Waals surface area contributed by atoms with Gasteiger partial charge >= 0.3 is 0 Å². The molecule has 0 unspecified atom stereocenters. The highest BCUT2D eigenvalue weighted by molar-refractivity contribution is 6.10. The van der Waals surface area contributed by atoms with Gasteiger partial charge in [0.1, 0.15) is 28.4 Å². The summed E-state index contributed by atoms with van der Waals surface area (Å²) in [4.78, 5) is 4.94. The number of nitrogens with zero attached hydrogens (tertiary/aromatic N) is 4. The Morgan fingerprint density at radius 3 is 2.27 bits per heavy atom. The van der Waals surface area contributed by atoms with E-state index in [2.05, 4.69) is 101 Å². The Hall–Kier alpha value is -6.46. The van der Waals surface area contributed by atoms with Gasteiger partial charge in [-0.05, 0) is 83.1 Å². The summed E-state index contributed by atoms with van der Waals surface area (Å²) in [5, 5.41) is 4.11. The van der Waals surface area contributed by atoms with Gasteiger partial charge in [-0.1, -0.05) is 106 Å². The summed E-state index contributed by atoms with van der Waals surface area (Å²) in [5.74, 6) is 0.716. The van der Waals surface area contributed by atoms with Gasteiger partial charge in [0.25, 0.3) is 6.33 Å². The van der Waals surface area contributed by atoms with Crippen LogP contribution in [0.4, 0.5) is 0 Å². The van der Waals surface area contributed by atoms with E-state index in [4.69, 9.17) is 9.40 Å². The van der Waals surface area contributed by atoms with Crippen LogP contribution in [0.5, 0.6) is 0 Å². The van der Waals surface area contributed by atoms with Crippen molar-refractivity contribution in [3.05, 3.63) is 175 Å². The molecular formula is C47H37N4O+. The van der Waals surface area contributed by atoms with Crippen LogP contribution in [0, 0.1) is 0 Å². The first-order chi connectivity index (χ1) is 26.1. The largest absolute Gasteiger partial charge is 0.456 e. The summed E-state index contributed by atoms with van der Waals surface area (Å²) in [7, 11) is 0. The SMILES string of the molecule is [2H]C([2H])(c1cccc(-n2c[n+](-c3cccc(C(C)(C)C)c3)c3ccccc32)c1)c1ccc2c3ccccc3n(-c3cc4oc5ccccc5c4cn3)c2c1. The lowest BCUT2D eigenvalue weighted by atomic mass is 9.87. The fourth-order valence-electron chi connectivity index (χ4n) is 7.57. The number of fused-ring (bicyclic) bond motifs is 7. The molecule has 250 valence electrons. The van der Waals surface area contributed by atoms with Crippen LogP contribution in [-0.2, 0) is 11.8 Å². The van der Waals surface area contributed by atoms with E-state index in [1.54, 1.807) is 0 Å². The van der Waals surface area contributed by atoms with Crippen molar-refractivity contribution in [1.29, 1.82) is 0 Å². The van der Waals surface area contributed by atoms with E-state index in [1.165, 1.54) is 5.56 Å². The topological polar surface area (TPSA) is 39.8 Å². The number of rotatable bonds is 5. The third kappa shape index (κ3) is 4.92. The average Bonchev–Trinajstić information content (AvgIpc) is 3.87. The van der Waals surface area contributed by atoms with E-state index in [-0.39, 0.29) is 5.41 Å². The van der Waals surface area contributed by atoms with Crippen molar-refractivity contribution in [1.82, 2.24) is 14.1 Å². The molecule has 5 nitrogen and oxygen atoms in total. The molecule has 52 heavy (non-hydrogen) atoms. The first kappa shape index (κ1) is 28.3. The molecule has 10 aromatic rings. The molecule has 5 heteroatoms. The molecule has 0 radical (unpaired) electrons. The second-order valence-corrected chi connectivity index (χ2v) is 14.5. The standard InChI is InChI=1S/C47H37N4O/c1-47(2,3)33-13-11-15-35(27-33)50-30-49(41-19-7-8-20-42(41)50)34-14-10-12-31(25-34)24-32-22-23-37-36-16-4-6-18-40(36)51(43(37)26-32)46-28-45-39(29-48-46)38-17-5-9-21-44(38)52-45/h4-23,25-30H,24H2,1-3H3/q+1/i24D2. The predicted octanol–water partition coefficient (Wildman–Crippen LogP) is 11.2. The monoisotopic (exact) mass is 675 g/mol. The average molecular weight is 676 g/mol. The second-order valence-electron chi connectivity index (χ2n) is 14.5. The van der Waals surface area contributed by atoms with Crippen LogP contribution in [0.3, 0.4) is 0 Å². The molecule has 4 heterocycles. The smallest absolute Gasteiger partial charge is 0.255 e. The van der Waals surface area contributed by atoms with Crippen LogP contribution < -0.4 is 4.57 Å². The van der Waals surface area contributed by atoms with Gasteiger partial charge in [0.05, 0.1) is 11.0 Å². The van der Waals surface area contributed by atoms with Crippen molar-refractivity contribution in [3.8, 4) is 17.2 Å². The third-order valence-corrected chi connectivity index (χ3v) is 10.2. The van der Waals surface area contributed by atoms with Gasteiger partial charge in [0.15, 0.2) is 11.0 Å². The molecule has 0 aliphatic rings. The Kier molecular flexibility index (Phi) is 6.27. The first-order valence-electron chi connectivity index (χ1n) is 18.7. The fraction of sp³-hybridized carbons (Fsp3) is 0.106. The van der Waals surface area contributed by atoms with Crippen LogP contribution in [0.1, 0.15) is 40.2 Å². The zero-order chi connectivity index (χ0) is 36.8. The van der Waals surface area contributed by atoms with E-state index in [9.17, 15) is 2.74 Å². The van der Waals surface area contributed by atoms with E-state index in [1.807, 2.05) is 91.1 Å². The molecule has 0 aliphatic heterocycles. The highest BCUT2D eigenvalue weighted by Gasteiger charge is 2.22. The van der Waals surface area contributed by atoms with Gasteiger partial charge in [0.2, 0.25) is 0 Å². The number of imidazole rings is 1. The lowest BCUT2D eigenvalue weighted by Gasteiger charge is -2.19. The van der Waals surface area contributed by atoms with Crippen molar-refractivity contribution < 1.29 is 11.7 Å². The van der Waals surface area contributed by atoms with Gasteiger partial charge in [-0.25, -0.2) is 4.98 Å². The number of aromatic nitrogens is 4. The highest BCUT2D eigenvalue weighted by Crippen LogP contribution is 2.35. The summed E-state index contributed by atoms with van der Waals surface area (Å²) in [5.41, 5.74) is 9.96. The van der Waals surface area contributed by atoms with Crippen molar-refractivity contribution in [2.75, 3.05) is 0 Å². The molecule has 0 N–H and O–H groups in total. The van der Waals surface area contributed by atoms with Gasteiger partial charge in [0, 0.05) is 36.5 Å². The summed E-state index contributed by atoms with van der Waals surface area (Å²) < 4.78 is 32.0. The van der Waals surface area contributed by atoms with Crippen LogP contribution in [-0.4, -0.2) is 14.1 Å². The Bertz CT molecular complexity index is 3090. The van der Waals surface area contributed by atoms with Crippen molar-refractivity contribution >= 4 is 54.8 Å². The molecular weight excluding hydrogens is 637 g/mol. The number of benzene rings is 6. The fourth-order valence-corrected chi connectivity index (χ4v) is 7.57. The molecule has 0 fully saturated rings. The van der Waals surface area contributed by atoms with E-state index >= 15 is 0 Å². The normalized spacial score (nSPS) is 13.1. The first-order valence-corrected chi connectivity index (χ1v) is 17.7. The minimum Gasteiger partial charge on any atom is -0.456 e. The molecule has 0 atom stereocenters. The third-order valence-electron chi connectivity index (χ3n) is 10.2. The maximum Gasteiger partial charge on any atom is 0.255 e. The van der Waals surface area contributed by atoms with Crippen LogP contribution in [0.25, 0.3) is 72.0 Å². The Morgan fingerprint density at radius 2 is 1.38 bits per heavy atom. The number of para-hydroxylation sites is 4. The molecule has 0 amide bonds. The van der Waals surface area contributed by atoms with Crippen molar-refractivity contribution in [3.63, 3.8) is 0 Å². The van der Waals surface area contributed by atoms with E-state index in [0.717, 1.165) is 66.2 Å². The molecule has 0 saturated carbocycles. The molecule has 4 aromatic heterocycles. The Balaban J connectivity index is 1.09. The second kappa shape index (κ2) is 11.5. The zero-order valence-corrected chi connectivity index (χ0v) is 29.2. The Morgan fingerprint density at radius 1 is 0.635 bits per heavy atom. The number of pyridine rings is 1. The highest BCUT2D eigenvalue weighted by atomic mass is 16.3. The number of furan rings is 1. The molecule has 0 aliphatic carbocycles. The van der Waals surface area contributed by atoms with Crippen LogP contribution in [0.2, 0.25) is 0 Å². The summed E-state index contributed by atoms with van der Waals surface area (Å²) >= 11 is 0. The van der Waals surface area contributed by atoms with Crippen LogP contribution in [0.15, 0.2) is 163 Å². The zero-order valence-electron chi connectivity index (χ0n) is 31.2. The number of hydrogen-bond donors (Lipinski definition) is 0. The molecule has 6 aromatic carbocycles. The van der Waals surface area contributed by atoms with Gasteiger partial charge < -0.3 is 4.42 Å². The van der Waals surface area contributed by atoms with E-state index in [0.29, 0.717) is 16.9 Å². The minimum atomic E-state index is -1.80.